The summed E-state index contributed by atoms with van der Waals surface area (Å²) >= 11 is 2.92. The molecule has 1 unspecified atom stereocenters. The number of amides is 1. The Balaban J connectivity index is 1.32. The molecule has 3 aromatic rings. The third kappa shape index (κ3) is 5.27. The molecule has 0 saturated carbocycles. The van der Waals surface area contributed by atoms with Gasteiger partial charge in [-0.3, -0.25) is 4.79 Å². The molecule has 0 spiro atoms. The van der Waals surface area contributed by atoms with Crippen molar-refractivity contribution in [2.45, 2.75) is 29.4 Å². The third-order valence-electron chi connectivity index (χ3n) is 4.53. The van der Waals surface area contributed by atoms with Gasteiger partial charge in [0.25, 0.3) is 0 Å². The van der Waals surface area contributed by atoms with Crippen molar-refractivity contribution in [3.8, 4) is 11.5 Å². The fraction of sp³-hybridized carbons (Fsp3) is 0.286. The van der Waals surface area contributed by atoms with Crippen molar-refractivity contribution in [2.75, 3.05) is 18.4 Å². The zero-order valence-electron chi connectivity index (χ0n) is 16.1. The molecule has 1 aromatic heterocycles. The largest absolute Gasteiger partial charge is 0.457 e. The van der Waals surface area contributed by atoms with Crippen LogP contribution in [0.3, 0.4) is 0 Å². The fourth-order valence-electron chi connectivity index (χ4n) is 3.06. The lowest BCUT2D eigenvalue weighted by atomic mass is 10.3. The van der Waals surface area contributed by atoms with Crippen molar-refractivity contribution < 1.29 is 9.53 Å². The lowest BCUT2D eigenvalue weighted by Crippen LogP contribution is -2.33. The molecule has 1 aliphatic heterocycles. The number of rotatable bonds is 7. The molecule has 150 valence electrons. The first-order valence-corrected chi connectivity index (χ1v) is 11.3. The molecule has 0 bridgehead atoms. The number of carbonyl (C=O) groups is 1. The Labute approximate surface area is 178 Å². The summed E-state index contributed by atoms with van der Waals surface area (Å²) in [7, 11) is 0. The highest BCUT2D eigenvalue weighted by atomic mass is 32.2. The zero-order chi connectivity index (χ0) is 20.1. The number of aromatic nitrogens is 2. The Bertz CT molecular complexity index is 941. The maximum absolute atomic E-state index is 12.4. The monoisotopic (exact) mass is 426 g/mol. The van der Waals surface area contributed by atoms with Gasteiger partial charge in [0.2, 0.25) is 11.0 Å². The predicted molar refractivity (Wildman–Crippen MR) is 117 cm³/mol. The van der Waals surface area contributed by atoms with E-state index in [1.165, 1.54) is 23.1 Å². The van der Waals surface area contributed by atoms with Crippen LogP contribution >= 0.6 is 23.1 Å². The van der Waals surface area contributed by atoms with E-state index in [-0.39, 0.29) is 11.2 Å². The highest BCUT2D eigenvalue weighted by Gasteiger charge is 2.25. The molecule has 1 aliphatic rings. The van der Waals surface area contributed by atoms with E-state index in [0.717, 1.165) is 47.5 Å². The molecule has 29 heavy (non-hydrogen) atoms. The molecule has 0 aliphatic carbocycles. The van der Waals surface area contributed by atoms with Crippen LogP contribution in [-0.4, -0.2) is 39.3 Å². The Kier molecular flexibility index (Phi) is 6.31. The molecule has 1 amide bonds. The summed E-state index contributed by atoms with van der Waals surface area (Å²) in [5, 5.41) is 12.2. The maximum Gasteiger partial charge on any atom is 0.235 e. The number of para-hydroxylation sites is 1. The molecule has 6 nitrogen and oxygen atoms in total. The van der Waals surface area contributed by atoms with E-state index in [2.05, 4.69) is 15.5 Å². The van der Waals surface area contributed by atoms with E-state index in [0.29, 0.717) is 5.13 Å². The van der Waals surface area contributed by atoms with Crippen molar-refractivity contribution >= 4 is 39.8 Å². The standard InChI is InChI=1S/C21H22N4O2S2/c1-15(19(26)25-13-5-6-14-25)28-21-24-23-20(29-21)22-16-9-11-18(12-10-16)27-17-7-3-2-4-8-17/h2-4,7-12,15H,5-6,13-14H2,1H3,(H,22,23). The van der Waals surface area contributed by atoms with Crippen LogP contribution in [0.1, 0.15) is 19.8 Å². The molecule has 0 radical (unpaired) electrons. The molecule has 4 rings (SSSR count). The molecule has 1 fully saturated rings. The first-order valence-electron chi connectivity index (χ1n) is 9.56. The van der Waals surface area contributed by atoms with Crippen molar-refractivity contribution in [1.82, 2.24) is 15.1 Å². The molecule has 8 heteroatoms. The summed E-state index contributed by atoms with van der Waals surface area (Å²) in [6.07, 6.45) is 2.20. The van der Waals surface area contributed by atoms with E-state index >= 15 is 0 Å². The number of nitrogens with zero attached hydrogens (tertiary/aromatic N) is 3. The minimum Gasteiger partial charge on any atom is -0.457 e. The van der Waals surface area contributed by atoms with Gasteiger partial charge in [-0.25, -0.2) is 0 Å². The molecular formula is C21H22N4O2S2. The van der Waals surface area contributed by atoms with Crippen LogP contribution in [0.2, 0.25) is 0 Å². The number of thioether (sulfide) groups is 1. The van der Waals surface area contributed by atoms with E-state index in [4.69, 9.17) is 4.74 Å². The maximum atomic E-state index is 12.4. The quantitative estimate of drug-likeness (QED) is 0.525. The van der Waals surface area contributed by atoms with Crippen LogP contribution in [0.4, 0.5) is 10.8 Å². The Morgan fingerprint density at radius 2 is 1.76 bits per heavy atom. The highest BCUT2D eigenvalue weighted by molar-refractivity contribution is 8.02. The zero-order valence-corrected chi connectivity index (χ0v) is 17.7. The van der Waals surface area contributed by atoms with Gasteiger partial charge in [0.15, 0.2) is 4.34 Å². The first kappa shape index (κ1) is 19.7. The lowest BCUT2D eigenvalue weighted by Gasteiger charge is -2.18. The van der Waals surface area contributed by atoms with E-state index in [1.807, 2.05) is 66.4 Å². The predicted octanol–water partition coefficient (Wildman–Crippen LogP) is 5.18. The van der Waals surface area contributed by atoms with Crippen LogP contribution < -0.4 is 10.1 Å². The number of anilines is 2. The lowest BCUT2D eigenvalue weighted by molar-refractivity contribution is -0.129. The number of hydrogen-bond acceptors (Lipinski definition) is 7. The van der Waals surface area contributed by atoms with E-state index < -0.39 is 0 Å². The van der Waals surface area contributed by atoms with E-state index in [9.17, 15) is 4.79 Å². The second kappa shape index (κ2) is 9.28. The summed E-state index contributed by atoms with van der Waals surface area (Å²) in [5.41, 5.74) is 0.902. The normalized spacial score (nSPS) is 14.6. The number of benzene rings is 2. The van der Waals surface area contributed by atoms with Gasteiger partial charge < -0.3 is 15.0 Å². The first-order chi connectivity index (χ1) is 14.2. The minimum atomic E-state index is -0.150. The molecule has 1 atom stereocenters. The van der Waals surface area contributed by atoms with E-state index in [1.54, 1.807) is 0 Å². The Hall–Kier alpha value is -2.58. The minimum absolute atomic E-state index is 0.150. The molecule has 1 saturated heterocycles. The second-order valence-electron chi connectivity index (χ2n) is 6.73. The van der Waals surface area contributed by atoms with Gasteiger partial charge in [0.1, 0.15) is 11.5 Å². The SMILES string of the molecule is CC(Sc1nnc(Nc2ccc(Oc3ccccc3)cc2)s1)C(=O)N1CCCC1. The summed E-state index contributed by atoms with van der Waals surface area (Å²) in [4.78, 5) is 14.4. The summed E-state index contributed by atoms with van der Waals surface area (Å²) in [5.74, 6) is 1.76. The van der Waals surface area contributed by atoms with Gasteiger partial charge in [-0.1, -0.05) is 41.3 Å². The molecule has 2 heterocycles. The van der Waals surface area contributed by atoms with Crippen molar-refractivity contribution in [3.05, 3.63) is 54.6 Å². The van der Waals surface area contributed by atoms with Crippen LogP contribution in [0, 0.1) is 0 Å². The molecule has 1 N–H and O–H groups in total. The third-order valence-corrected chi connectivity index (χ3v) is 6.54. The van der Waals surface area contributed by atoms with Gasteiger partial charge in [0.05, 0.1) is 5.25 Å². The topological polar surface area (TPSA) is 67.4 Å². The second-order valence-corrected chi connectivity index (χ2v) is 9.30. The summed E-state index contributed by atoms with van der Waals surface area (Å²) in [6, 6.07) is 17.4. The van der Waals surface area contributed by atoms with Gasteiger partial charge >= 0.3 is 0 Å². The van der Waals surface area contributed by atoms with Crippen LogP contribution in [0.25, 0.3) is 0 Å². The average molecular weight is 427 g/mol. The van der Waals surface area contributed by atoms with Gasteiger partial charge in [0, 0.05) is 18.8 Å². The van der Waals surface area contributed by atoms with Crippen LogP contribution in [0.5, 0.6) is 11.5 Å². The van der Waals surface area contributed by atoms with Crippen LogP contribution in [0.15, 0.2) is 58.9 Å². The van der Waals surface area contributed by atoms with Gasteiger partial charge in [-0.2, -0.15) is 0 Å². The number of nitrogens with one attached hydrogen (secondary N) is 1. The number of carbonyl (C=O) groups excluding carboxylic acids is 1. The summed E-state index contributed by atoms with van der Waals surface area (Å²) < 4.78 is 6.59. The van der Waals surface area contributed by atoms with Crippen molar-refractivity contribution in [2.24, 2.45) is 0 Å². The molecular weight excluding hydrogens is 404 g/mol. The van der Waals surface area contributed by atoms with Crippen molar-refractivity contribution in [3.63, 3.8) is 0 Å². The smallest absolute Gasteiger partial charge is 0.235 e. The highest BCUT2D eigenvalue weighted by Crippen LogP contribution is 2.32. The van der Waals surface area contributed by atoms with Crippen molar-refractivity contribution in [1.29, 1.82) is 0 Å². The molecule has 2 aromatic carbocycles. The Morgan fingerprint density at radius 1 is 1.07 bits per heavy atom. The average Bonchev–Trinajstić information content (AvgIpc) is 3.42. The fourth-order valence-corrected chi connectivity index (χ4v) is 5.06. The number of hydrogen-bond donors (Lipinski definition) is 1. The van der Waals surface area contributed by atoms with Crippen LogP contribution in [-0.2, 0) is 4.79 Å². The number of ether oxygens (including phenoxy) is 1. The van der Waals surface area contributed by atoms with Gasteiger partial charge in [-0.05, 0) is 56.2 Å². The summed E-state index contributed by atoms with van der Waals surface area (Å²) in [6.45, 7) is 3.68. The Morgan fingerprint density at radius 3 is 2.48 bits per heavy atom. The van der Waals surface area contributed by atoms with Gasteiger partial charge in [-0.15, -0.1) is 10.2 Å². The number of likely N-dealkylation sites (tertiary alicyclic amines) is 1.